The summed E-state index contributed by atoms with van der Waals surface area (Å²) in [5, 5.41) is 5.42. The van der Waals surface area contributed by atoms with Crippen molar-refractivity contribution in [2.24, 2.45) is 17.6 Å². The Hall–Kier alpha value is -1.15. The smallest absolute Gasteiger partial charge is 0.276 e. The Labute approximate surface area is 180 Å². The SMILES string of the molecule is NCOBC[C@H]1CC[C@H](C(=O)NC(Cc2ccccc2)c2cc(Br)cs2)CC1. The van der Waals surface area contributed by atoms with Crippen molar-refractivity contribution in [3.8, 4) is 0 Å². The molecule has 1 fully saturated rings. The highest BCUT2D eigenvalue weighted by atomic mass is 79.9. The summed E-state index contributed by atoms with van der Waals surface area (Å²) < 4.78 is 6.34. The van der Waals surface area contributed by atoms with Gasteiger partial charge in [0.15, 0.2) is 0 Å². The Morgan fingerprint density at radius 2 is 2.04 bits per heavy atom. The quantitative estimate of drug-likeness (QED) is 0.329. The zero-order chi connectivity index (χ0) is 19.8. The zero-order valence-electron chi connectivity index (χ0n) is 16.1. The molecule has 1 aliphatic rings. The first-order valence-corrected chi connectivity index (χ1v) is 11.7. The van der Waals surface area contributed by atoms with Crippen LogP contribution in [-0.4, -0.2) is 20.1 Å². The number of nitrogens with two attached hydrogens (primary N) is 1. The summed E-state index contributed by atoms with van der Waals surface area (Å²) in [6.07, 6.45) is 5.98. The van der Waals surface area contributed by atoms with E-state index in [1.165, 1.54) is 10.4 Å². The Morgan fingerprint density at radius 3 is 2.68 bits per heavy atom. The summed E-state index contributed by atoms with van der Waals surface area (Å²) in [7, 11) is 0.727. The molecule has 1 amide bonds. The summed E-state index contributed by atoms with van der Waals surface area (Å²) in [6.45, 7) is 0.291. The molecule has 0 bridgehead atoms. The van der Waals surface area contributed by atoms with Crippen molar-refractivity contribution in [3.05, 3.63) is 56.7 Å². The van der Waals surface area contributed by atoms with Gasteiger partial charge in [0.05, 0.1) is 12.8 Å². The predicted octanol–water partition coefficient (Wildman–Crippen LogP) is 4.42. The van der Waals surface area contributed by atoms with Crippen molar-refractivity contribution in [3.63, 3.8) is 0 Å². The molecule has 0 aliphatic heterocycles. The molecule has 7 heteroatoms. The molecule has 1 unspecified atom stereocenters. The van der Waals surface area contributed by atoms with E-state index in [2.05, 4.69) is 44.8 Å². The standard InChI is InChI=1S/C21H28BBrN2O2S/c23-18-11-20(28-13-18)19(10-15-4-2-1-3-5-15)25-21(26)17-8-6-16(7-9-17)12-22-27-14-24/h1-5,11,13,16-17,19,22H,6-10,12,14,24H2,(H,25,26)/t16-,17-,19?. The first-order valence-electron chi connectivity index (χ1n) is 10.0. The number of carbonyl (C=O) groups is 1. The lowest BCUT2D eigenvalue weighted by Gasteiger charge is -2.29. The van der Waals surface area contributed by atoms with Gasteiger partial charge >= 0.3 is 0 Å². The predicted molar refractivity (Wildman–Crippen MR) is 121 cm³/mol. The van der Waals surface area contributed by atoms with E-state index in [1.54, 1.807) is 11.3 Å². The van der Waals surface area contributed by atoms with Crippen LogP contribution in [0, 0.1) is 11.8 Å². The second kappa shape index (κ2) is 11.1. The number of rotatable bonds is 9. The molecule has 150 valence electrons. The van der Waals surface area contributed by atoms with E-state index in [9.17, 15) is 4.79 Å². The number of amides is 1. The lowest BCUT2D eigenvalue weighted by molar-refractivity contribution is -0.126. The van der Waals surface area contributed by atoms with Gasteiger partial charge in [0.2, 0.25) is 5.91 Å². The van der Waals surface area contributed by atoms with Gasteiger partial charge in [-0.05, 0) is 59.1 Å². The van der Waals surface area contributed by atoms with Gasteiger partial charge < -0.3 is 15.7 Å². The van der Waals surface area contributed by atoms with Gasteiger partial charge in [0.25, 0.3) is 7.48 Å². The number of halogens is 1. The third-order valence-electron chi connectivity index (χ3n) is 5.54. The number of carbonyl (C=O) groups excluding carboxylic acids is 1. The normalized spacial score (nSPS) is 20.5. The molecular formula is C21H28BBrN2O2S. The van der Waals surface area contributed by atoms with Crippen molar-refractivity contribution < 1.29 is 9.45 Å². The summed E-state index contributed by atoms with van der Waals surface area (Å²) >= 11 is 5.23. The Bertz CT molecular complexity index is 735. The van der Waals surface area contributed by atoms with Gasteiger partial charge in [-0.25, -0.2) is 0 Å². The second-order valence-electron chi connectivity index (χ2n) is 7.50. The molecule has 1 aliphatic carbocycles. The Kier molecular flexibility index (Phi) is 8.58. The van der Waals surface area contributed by atoms with Crippen LogP contribution < -0.4 is 11.1 Å². The third-order valence-corrected chi connectivity index (χ3v) is 7.34. The maximum Gasteiger partial charge on any atom is 0.276 e. The maximum atomic E-state index is 13.0. The molecule has 1 heterocycles. The minimum atomic E-state index is 0.0156. The topological polar surface area (TPSA) is 64.3 Å². The highest BCUT2D eigenvalue weighted by Crippen LogP contribution is 2.33. The van der Waals surface area contributed by atoms with E-state index in [4.69, 9.17) is 10.4 Å². The van der Waals surface area contributed by atoms with E-state index in [1.807, 2.05) is 18.2 Å². The van der Waals surface area contributed by atoms with Crippen LogP contribution in [0.4, 0.5) is 0 Å². The number of hydrogen-bond acceptors (Lipinski definition) is 4. The van der Waals surface area contributed by atoms with Crippen LogP contribution in [0.2, 0.25) is 6.32 Å². The number of benzene rings is 1. The molecule has 1 aromatic heterocycles. The van der Waals surface area contributed by atoms with Crippen LogP contribution in [-0.2, 0) is 15.9 Å². The van der Waals surface area contributed by atoms with Gasteiger partial charge in [-0.1, -0.05) is 43.2 Å². The third kappa shape index (κ3) is 6.44. The van der Waals surface area contributed by atoms with Gasteiger partial charge in [-0.3, -0.25) is 4.79 Å². The maximum absolute atomic E-state index is 13.0. The van der Waals surface area contributed by atoms with Gasteiger partial charge in [0.1, 0.15) is 0 Å². The van der Waals surface area contributed by atoms with Gasteiger partial charge in [-0.2, -0.15) is 0 Å². The number of hydrogen-bond donors (Lipinski definition) is 2. The van der Waals surface area contributed by atoms with Crippen molar-refractivity contribution >= 4 is 40.7 Å². The van der Waals surface area contributed by atoms with E-state index in [0.717, 1.165) is 50.4 Å². The van der Waals surface area contributed by atoms with Crippen LogP contribution in [0.25, 0.3) is 0 Å². The Morgan fingerprint density at radius 1 is 1.29 bits per heavy atom. The van der Waals surface area contributed by atoms with E-state index >= 15 is 0 Å². The lowest BCUT2D eigenvalue weighted by atomic mass is 9.73. The zero-order valence-corrected chi connectivity index (χ0v) is 18.5. The van der Waals surface area contributed by atoms with E-state index in [0.29, 0.717) is 12.6 Å². The molecule has 1 saturated carbocycles. The molecule has 3 rings (SSSR count). The van der Waals surface area contributed by atoms with E-state index in [-0.39, 0.29) is 17.9 Å². The molecule has 1 aromatic carbocycles. The average molecular weight is 463 g/mol. The van der Waals surface area contributed by atoms with Crippen LogP contribution in [0.15, 0.2) is 46.3 Å². The molecule has 28 heavy (non-hydrogen) atoms. The molecular weight excluding hydrogens is 435 g/mol. The largest absolute Gasteiger partial charge is 0.428 e. The number of nitrogens with one attached hydrogen (secondary N) is 1. The minimum Gasteiger partial charge on any atom is -0.428 e. The monoisotopic (exact) mass is 462 g/mol. The van der Waals surface area contributed by atoms with Crippen molar-refractivity contribution in [2.75, 3.05) is 6.73 Å². The van der Waals surface area contributed by atoms with Gasteiger partial charge in [-0.15, -0.1) is 11.3 Å². The van der Waals surface area contributed by atoms with Crippen molar-refractivity contribution in [2.45, 2.75) is 44.5 Å². The van der Waals surface area contributed by atoms with Gasteiger partial charge in [0, 0.05) is 20.6 Å². The first kappa shape index (κ1) is 21.6. The lowest BCUT2D eigenvalue weighted by Crippen LogP contribution is -2.36. The molecule has 0 spiro atoms. The molecule has 1 atom stereocenters. The van der Waals surface area contributed by atoms with Crippen LogP contribution in [0.1, 0.15) is 42.2 Å². The molecule has 0 saturated heterocycles. The molecule has 3 N–H and O–H groups in total. The molecule has 0 radical (unpaired) electrons. The first-order chi connectivity index (χ1) is 13.7. The summed E-state index contributed by atoms with van der Waals surface area (Å²) in [5.74, 6) is 0.972. The van der Waals surface area contributed by atoms with Crippen molar-refractivity contribution in [1.29, 1.82) is 0 Å². The Balaban J connectivity index is 1.57. The average Bonchev–Trinajstić information content (AvgIpc) is 3.15. The molecule has 2 aromatic rings. The summed E-state index contributed by atoms with van der Waals surface area (Å²) in [5.41, 5.74) is 6.62. The fraction of sp³-hybridized carbons (Fsp3) is 0.476. The van der Waals surface area contributed by atoms with E-state index < -0.39 is 0 Å². The van der Waals surface area contributed by atoms with Crippen LogP contribution in [0.5, 0.6) is 0 Å². The minimum absolute atomic E-state index is 0.0156. The highest BCUT2D eigenvalue weighted by Gasteiger charge is 2.28. The summed E-state index contributed by atoms with van der Waals surface area (Å²) in [4.78, 5) is 14.2. The highest BCUT2D eigenvalue weighted by molar-refractivity contribution is 9.10. The van der Waals surface area contributed by atoms with Crippen LogP contribution in [0.3, 0.4) is 0 Å². The molecule has 4 nitrogen and oxygen atoms in total. The second-order valence-corrected chi connectivity index (χ2v) is 9.36. The fourth-order valence-corrected chi connectivity index (χ4v) is 5.42. The fourth-order valence-electron chi connectivity index (χ4n) is 3.92. The van der Waals surface area contributed by atoms with Crippen LogP contribution >= 0.6 is 27.3 Å². The number of thiophene rings is 1. The van der Waals surface area contributed by atoms with Crippen molar-refractivity contribution in [1.82, 2.24) is 5.32 Å². The summed E-state index contributed by atoms with van der Waals surface area (Å²) in [6, 6.07) is 12.5.